The van der Waals surface area contributed by atoms with Crippen molar-refractivity contribution in [2.24, 2.45) is 5.41 Å². The highest BCUT2D eigenvalue weighted by Crippen LogP contribution is 2.25. The predicted octanol–water partition coefficient (Wildman–Crippen LogP) is 2.61. The fourth-order valence-corrected chi connectivity index (χ4v) is 2.75. The van der Waals surface area contributed by atoms with Gasteiger partial charge in [-0.2, -0.15) is 0 Å². The highest BCUT2D eigenvalue weighted by Gasteiger charge is 2.29. The maximum absolute atomic E-state index is 11.6. The molecule has 0 spiro atoms. The molecule has 1 N–H and O–H groups in total. The summed E-state index contributed by atoms with van der Waals surface area (Å²) < 4.78 is 4.79. The van der Waals surface area contributed by atoms with Crippen LogP contribution in [0, 0.1) is 19.3 Å². The third-order valence-corrected chi connectivity index (χ3v) is 4.18. The normalized spacial score (nSPS) is 13.4. The highest BCUT2D eigenvalue weighted by atomic mass is 32.1. The molecule has 0 radical (unpaired) electrons. The molecule has 1 aromatic rings. The second-order valence-electron chi connectivity index (χ2n) is 5.16. The first-order chi connectivity index (χ1) is 8.27. The van der Waals surface area contributed by atoms with Gasteiger partial charge >= 0.3 is 5.97 Å². The summed E-state index contributed by atoms with van der Waals surface area (Å²) in [5.74, 6) is -0.195. The largest absolute Gasteiger partial charge is 0.469 e. The summed E-state index contributed by atoms with van der Waals surface area (Å²) in [4.78, 5) is 17.2. The number of rotatable bonds is 5. The molecule has 0 amide bonds. The van der Waals surface area contributed by atoms with E-state index in [4.69, 9.17) is 4.74 Å². The fraction of sp³-hybridized carbons (Fsp3) is 0.692. The third kappa shape index (κ3) is 3.53. The lowest BCUT2D eigenvalue weighted by molar-refractivity contribution is -0.150. The molecule has 0 aliphatic carbocycles. The van der Waals surface area contributed by atoms with Gasteiger partial charge in [0.15, 0.2) is 0 Å². The zero-order valence-electron chi connectivity index (χ0n) is 12.0. The second kappa shape index (κ2) is 5.80. The van der Waals surface area contributed by atoms with Crippen molar-refractivity contribution in [1.82, 2.24) is 10.3 Å². The number of methoxy groups -OCH3 is 1. The van der Waals surface area contributed by atoms with Gasteiger partial charge in [-0.3, -0.25) is 4.79 Å². The summed E-state index contributed by atoms with van der Waals surface area (Å²) in [6.45, 7) is 10.5. The molecular weight excluding hydrogens is 248 g/mol. The lowest BCUT2D eigenvalue weighted by atomic mass is 9.93. The maximum Gasteiger partial charge on any atom is 0.312 e. The molecule has 1 aromatic heterocycles. The number of carbonyl (C=O) groups is 1. The van der Waals surface area contributed by atoms with Gasteiger partial charge in [0, 0.05) is 17.5 Å². The average molecular weight is 270 g/mol. The molecule has 102 valence electrons. The summed E-state index contributed by atoms with van der Waals surface area (Å²) >= 11 is 1.70. The van der Waals surface area contributed by atoms with Crippen LogP contribution in [0.25, 0.3) is 0 Å². The molecule has 0 aliphatic rings. The van der Waals surface area contributed by atoms with Crippen LogP contribution in [-0.2, 0) is 9.53 Å². The molecular formula is C13H22N2O2S. The van der Waals surface area contributed by atoms with E-state index in [0.717, 1.165) is 10.7 Å². The minimum absolute atomic E-state index is 0.195. The average Bonchev–Trinajstić information content (AvgIpc) is 2.64. The number of ether oxygens (including phenoxy) is 1. The van der Waals surface area contributed by atoms with Gasteiger partial charge in [-0.1, -0.05) is 0 Å². The number of aromatic nitrogens is 1. The van der Waals surface area contributed by atoms with Gasteiger partial charge < -0.3 is 10.1 Å². The van der Waals surface area contributed by atoms with Crippen LogP contribution in [0.5, 0.6) is 0 Å². The minimum Gasteiger partial charge on any atom is -0.469 e. The lowest BCUT2D eigenvalue weighted by Gasteiger charge is -2.24. The molecule has 1 atom stereocenters. The Morgan fingerprint density at radius 2 is 2.11 bits per heavy atom. The minimum atomic E-state index is -0.517. The molecule has 1 rings (SSSR count). The Morgan fingerprint density at radius 1 is 1.50 bits per heavy atom. The van der Waals surface area contributed by atoms with Crippen LogP contribution in [0.4, 0.5) is 0 Å². The van der Waals surface area contributed by atoms with Crippen molar-refractivity contribution in [1.29, 1.82) is 0 Å². The van der Waals surface area contributed by atoms with E-state index in [-0.39, 0.29) is 12.0 Å². The van der Waals surface area contributed by atoms with Crippen molar-refractivity contribution in [3.63, 3.8) is 0 Å². The van der Waals surface area contributed by atoms with E-state index in [1.165, 1.54) is 12.0 Å². The van der Waals surface area contributed by atoms with Gasteiger partial charge in [0.2, 0.25) is 0 Å². The van der Waals surface area contributed by atoms with Crippen molar-refractivity contribution in [2.45, 2.75) is 40.7 Å². The molecule has 0 aliphatic heterocycles. The van der Waals surface area contributed by atoms with Crippen LogP contribution in [0.1, 0.15) is 42.4 Å². The summed E-state index contributed by atoms with van der Waals surface area (Å²) in [6.07, 6.45) is 0. The first-order valence-electron chi connectivity index (χ1n) is 6.03. The van der Waals surface area contributed by atoms with Crippen LogP contribution >= 0.6 is 11.3 Å². The number of hydrogen-bond acceptors (Lipinski definition) is 5. The molecule has 0 aromatic carbocycles. The summed E-state index contributed by atoms with van der Waals surface area (Å²) in [5, 5.41) is 4.45. The molecule has 0 saturated heterocycles. The number of esters is 1. The zero-order valence-corrected chi connectivity index (χ0v) is 12.8. The van der Waals surface area contributed by atoms with Crippen LogP contribution in [0.15, 0.2) is 0 Å². The van der Waals surface area contributed by atoms with Gasteiger partial charge in [-0.15, -0.1) is 11.3 Å². The summed E-state index contributed by atoms with van der Waals surface area (Å²) in [6, 6.07) is 0.195. The molecule has 5 heteroatoms. The number of carbonyl (C=O) groups excluding carboxylic acids is 1. The van der Waals surface area contributed by atoms with E-state index >= 15 is 0 Å². The SMILES string of the molecule is COC(=O)C(C)(C)CNC(C)c1sc(C)nc1C. The first-order valence-corrected chi connectivity index (χ1v) is 6.85. The van der Waals surface area contributed by atoms with Gasteiger partial charge in [-0.05, 0) is 34.6 Å². The summed E-state index contributed by atoms with van der Waals surface area (Å²) in [5.41, 5.74) is 0.546. The van der Waals surface area contributed by atoms with Crippen LogP contribution in [0.3, 0.4) is 0 Å². The van der Waals surface area contributed by atoms with Crippen molar-refractivity contribution >= 4 is 17.3 Å². The van der Waals surface area contributed by atoms with Gasteiger partial charge in [0.05, 0.1) is 23.2 Å². The Morgan fingerprint density at radius 3 is 2.56 bits per heavy atom. The van der Waals surface area contributed by atoms with E-state index in [1.807, 2.05) is 27.7 Å². The van der Waals surface area contributed by atoms with Crippen molar-refractivity contribution < 1.29 is 9.53 Å². The van der Waals surface area contributed by atoms with E-state index in [1.54, 1.807) is 11.3 Å². The highest BCUT2D eigenvalue weighted by molar-refractivity contribution is 7.11. The number of nitrogens with one attached hydrogen (secondary N) is 1. The van der Waals surface area contributed by atoms with Crippen LogP contribution in [0.2, 0.25) is 0 Å². The number of nitrogens with zero attached hydrogens (tertiary/aromatic N) is 1. The van der Waals surface area contributed by atoms with E-state index in [9.17, 15) is 4.79 Å². The smallest absolute Gasteiger partial charge is 0.312 e. The molecule has 4 nitrogen and oxygen atoms in total. The Balaban J connectivity index is 2.64. The molecule has 0 fully saturated rings. The Hall–Kier alpha value is -0.940. The number of aryl methyl sites for hydroxylation is 2. The monoisotopic (exact) mass is 270 g/mol. The molecule has 1 heterocycles. The summed E-state index contributed by atoms with van der Waals surface area (Å²) in [7, 11) is 1.42. The topological polar surface area (TPSA) is 51.2 Å². The molecule has 1 unspecified atom stereocenters. The third-order valence-electron chi connectivity index (χ3n) is 2.92. The Labute approximate surface area is 113 Å². The number of hydrogen-bond donors (Lipinski definition) is 1. The Bertz CT molecular complexity index is 427. The molecule has 0 bridgehead atoms. The maximum atomic E-state index is 11.6. The van der Waals surface area contributed by atoms with Crippen LogP contribution < -0.4 is 5.32 Å². The number of thiazole rings is 1. The van der Waals surface area contributed by atoms with Crippen molar-refractivity contribution in [3.8, 4) is 0 Å². The van der Waals surface area contributed by atoms with E-state index in [0.29, 0.717) is 6.54 Å². The standard InChI is InChI=1S/C13H22N2O2S/c1-8(11-9(2)15-10(3)18-11)14-7-13(4,5)12(16)17-6/h8,14H,7H2,1-6H3. The van der Waals surface area contributed by atoms with Crippen molar-refractivity contribution in [3.05, 3.63) is 15.6 Å². The quantitative estimate of drug-likeness (QED) is 0.836. The lowest BCUT2D eigenvalue weighted by Crippen LogP contribution is -2.37. The van der Waals surface area contributed by atoms with Crippen molar-refractivity contribution in [2.75, 3.05) is 13.7 Å². The van der Waals surface area contributed by atoms with Gasteiger partial charge in [0.25, 0.3) is 0 Å². The zero-order chi connectivity index (χ0) is 13.9. The molecule has 0 saturated carbocycles. The van der Waals surface area contributed by atoms with Crippen LogP contribution in [-0.4, -0.2) is 24.6 Å². The van der Waals surface area contributed by atoms with Gasteiger partial charge in [-0.25, -0.2) is 4.98 Å². The molecule has 18 heavy (non-hydrogen) atoms. The first kappa shape index (κ1) is 15.1. The predicted molar refractivity (Wildman–Crippen MR) is 73.8 cm³/mol. The van der Waals surface area contributed by atoms with E-state index in [2.05, 4.69) is 17.2 Å². The van der Waals surface area contributed by atoms with E-state index < -0.39 is 5.41 Å². The Kier molecular flexibility index (Phi) is 4.87. The fourth-order valence-electron chi connectivity index (χ4n) is 1.80. The van der Waals surface area contributed by atoms with Gasteiger partial charge in [0.1, 0.15) is 0 Å². The second-order valence-corrected chi connectivity index (χ2v) is 6.40.